The van der Waals surface area contributed by atoms with Gasteiger partial charge in [-0.05, 0) is 93.0 Å². The van der Waals surface area contributed by atoms with Crippen LogP contribution in [-0.2, 0) is 0 Å². The van der Waals surface area contributed by atoms with E-state index in [4.69, 9.17) is 0 Å². The molecule has 0 amide bonds. The lowest BCUT2D eigenvalue weighted by molar-refractivity contribution is 1.28. The smallest absolute Gasteiger partial charge is 0.0468 e. The molecular weight excluding hydrogens is 727 g/mol. The number of anilines is 3. The number of hydrogen-bond acceptors (Lipinski definition) is 3. The van der Waals surface area contributed by atoms with Crippen LogP contribution in [0.15, 0.2) is 212 Å². The van der Waals surface area contributed by atoms with Gasteiger partial charge in [0.05, 0.1) is 0 Å². The third-order valence-corrected chi connectivity index (χ3v) is 13.6. The fourth-order valence-electron chi connectivity index (χ4n) is 8.37. The molecule has 0 saturated carbocycles. The summed E-state index contributed by atoms with van der Waals surface area (Å²) < 4.78 is 5.30. The van der Waals surface area contributed by atoms with E-state index in [1.54, 1.807) is 0 Å². The molecule has 1 nitrogen and oxygen atoms in total. The van der Waals surface area contributed by atoms with Crippen molar-refractivity contribution in [2.45, 2.75) is 0 Å². The molecule has 11 aromatic rings. The summed E-state index contributed by atoms with van der Waals surface area (Å²) >= 11 is 3.76. The first-order valence-corrected chi connectivity index (χ1v) is 21.0. The van der Waals surface area contributed by atoms with Gasteiger partial charge >= 0.3 is 0 Å². The average molecular weight is 762 g/mol. The van der Waals surface area contributed by atoms with Crippen molar-refractivity contribution in [3.8, 4) is 44.5 Å². The molecule has 268 valence electrons. The minimum Gasteiger partial charge on any atom is -0.310 e. The molecule has 0 radical (unpaired) electrons. The van der Waals surface area contributed by atoms with Crippen molar-refractivity contribution in [1.29, 1.82) is 0 Å². The zero-order valence-electron chi connectivity index (χ0n) is 31.0. The van der Waals surface area contributed by atoms with Crippen molar-refractivity contribution in [1.82, 2.24) is 0 Å². The van der Waals surface area contributed by atoms with Gasteiger partial charge in [-0.25, -0.2) is 0 Å². The molecule has 0 aliphatic carbocycles. The van der Waals surface area contributed by atoms with E-state index in [0.29, 0.717) is 0 Å². The van der Waals surface area contributed by atoms with E-state index in [-0.39, 0.29) is 0 Å². The Bertz CT molecular complexity index is 3060. The van der Waals surface area contributed by atoms with Gasteiger partial charge in [0.25, 0.3) is 0 Å². The van der Waals surface area contributed by atoms with Gasteiger partial charge in [0, 0.05) is 57.4 Å². The highest BCUT2D eigenvalue weighted by Gasteiger charge is 2.18. The first kappa shape index (κ1) is 33.5. The second kappa shape index (κ2) is 14.1. The summed E-state index contributed by atoms with van der Waals surface area (Å²) in [4.78, 5) is 2.40. The van der Waals surface area contributed by atoms with Crippen molar-refractivity contribution < 1.29 is 0 Å². The molecular formula is C54H35NS2. The molecule has 57 heavy (non-hydrogen) atoms. The van der Waals surface area contributed by atoms with E-state index in [2.05, 4.69) is 217 Å². The Morgan fingerprint density at radius 3 is 1.18 bits per heavy atom. The monoisotopic (exact) mass is 761 g/mol. The van der Waals surface area contributed by atoms with Crippen LogP contribution in [0.1, 0.15) is 0 Å². The normalized spacial score (nSPS) is 11.5. The molecule has 3 heteroatoms. The molecule has 2 aromatic heterocycles. The van der Waals surface area contributed by atoms with E-state index in [0.717, 1.165) is 17.1 Å². The van der Waals surface area contributed by atoms with Gasteiger partial charge in [-0.15, -0.1) is 22.7 Å². The van der Waals surface area contributed by atoms with Gasteiger partial charge in [0.2, 0.25) is 0 Å². The first-order chi connectivity index (χ1) is 28.3. The Labute approximate surface area is 340 Å². The number of thiophene rings is 2. The maximum absolute atomic E-state index is 2.40. The Morgan fingerprint density at radius 1 is 0.263 bits per heavy atom. The number of fused-ring (bicyclic) bond motifs is 6. The molecule has 11 rings (SSSR count). The van der Waals surface area contributed by atoms with E-state index < -0.39 is 0 Å². The minimum absolute atomic E-state index is 1.10. The maximum atomic E-state index is 2.40. The summed E-state index contributed by atoms with van der Waals surface area (Å²) in [5.41, 5.74) is 13.1. The van der Waals surface area contributed by atoms with Crippen molar-refractivity contribution in [2.75, 3.05) is 4.90 Å². The highest BCUT2D eigenvalue weighted by molar-refractivity contribution is 7.26. The molecule has 0 bridgehead atoms. The lowest BCUT2D eigenvalue weighted by Crippen LogP contribution is -2.10. The molecule has 0 N–H and O–H groups in total. The van der Waals surface area contributed by atoms with E-state index in [1.165, 1.54) is 84.9 Å². The second-order valence-corrected chi connectivity index (χ2v) is 16.6. The molecule has 2 heterocycles. The standard InChI is InChI=1S/C54H35NS2/c1-3-13-36(14-4-1)43-34-33-42(35-50(43)37-15-5-2-6-16-37)55(40-29-25-38(26-30-40)44-19-11-21-48-46-17-7-9-23-51(46)56-53(44)48)41-31-27-39(28-32-41)45-20-12-22-49-47-18-8-10-24-52(47)57-54(45)49/h1-35H. The Hall–Kier alpha value is -6.78. The van der Waals surface area contributed by atoms with Crippen LogP contribution in [0.3, 0.4) is 0 Å². The van der Waals surface area contributed by atoms with Crippen LogP contribution < -0.4 is 4.90 Å². The van der Waals surface area contributed by atoms with Gasteiger partial charge in [0.1, 0.15) is 0 Å². The average Bonchev–Trinajstić information content (AvgIpc) is 3.87. The SMILES string of the molecule is c1ccc(-c2ccc(N(c3ccc(-c4cccc5c4sc4ccccc45)cc3)c3ccc(-c4cccc5c4sc4ccccc45)cc3)cc2-c2ccccc2)cc1. The van der Waals surface area contributed by atoms with Crippen LogP contribution in [0.4, 0.5) is 17.1 Å². The van der Waals surface area contributed by atoms with Crippen LogP contribution in [0.5, 0.6) is 0 Å². The van der Waals surface area contributed by atoms with Crippen LogP contribution in [0.25, 0.3) is 84.9 Å². The Kier molecular flexibility index (Phi) is 8.28. The number of hydrogen-bond donors (Lipinski definition) is 0. The number of benzene rings is 9. The van der Waals surface area contributed by atoms with Crippen LogP contribution in [0.2, 0.25) is 0 Å². The predicted octanol–water partition coefficient (Wildman–Crippen LogP) is 16.6. The molecule has 0 aliphatic heterocycles. The molecule has 0 unspecified atom stereocenters. The minimum atomic E-state index is 1.10. The fourth-order valence-corrected chi connectivity index (χ4v) is 10.9. The lowest BCUT2D eigenvalue weighted by atomic mass is 9.93. The molecule has 0 spiro atoms. The van der Waals surface area contributed by atoms with Gasteiger partial charge in [0.15, 0.2) is 0 Å². The number of nitrogens with zero attached hydrogens (tertiary/aromatic N) is 1. The van der Waals surface area contributed by atoms with Crippen LogP contribution in [0, 0.1) is 0 Å². The molecule has 0 fully saturated rings. The predicted molar refractivity (Wildman–Crippen MR) is 249 cm³/mol. The van der Waals surface area contributed by atoms with Crippen LogP contribution in [-0.4, -0.2) is 0 Å². The summed E-state index contributed by atoms with van der Waals surface area (Å²) in [5, 5.41) is 5.28. The Morgan fingerprint density at radius 2 is 0.667 bits per heavy atom. The van der Waals surface area contributed by atoms with Gasteiger partial charge in [-0.1, -0.05) is 164 Å². The summed E-state index contributed by atoms with van der Waals surface area (Å²) in [6.45, 7) is 0. The van der Waals surface area contributed by atoms with E-state index in [1.807, 2.05) is 22.7 Å². The largest absolute Gasteiger partial charge is 0.310 e. The summed E-state index contributed by atoms with van der Waals surface area (Å²) in [6, 6.07) is 77.5. The Balaban J connectivity index is 1.05. The van der Waals surface area contributed by atoms with Gasteiger partial charge in [-0.3, -0.25) is 0 Å². The zero-order chi connectivity index (χ0) is 37.7. The van der Waals surface area contributed by atoms with Gasteiger partial charge < -0.3 is 4.90 Å². The summed E-state index contributed by atoms with van der Waals surface area (Å²) in [7, 11) is 0. The molecule has 0 saturated heterocycles. The molecule has 9 aromatic carbocycles. The van der Waals surface area contributed by atoms with E-state index >= 15 is 0 Å². The quantitative estimate of drug-likeness (QED) is 0.156. The molecule has 0 aliphatic rings. The maximum Gasteiger partial charge on any atom is 0.0468 e. The lowest BCUT2D eigenvalue weighted by Gasteiger charge is -2.27. The first-order valence-electron chi connectivity index (χ1n) is 19.3. The van der Waals surface area contributed by atoms with E-state index in [9.17, 15) is 0 Å². The molecule has 0 atom stereocenters. The summed E-state index contributed by atoms with van der Waals surface area (Å²) in [5.74, 6) is 0. The third kappa shape index (κ3) is 5.91. The van der Waals surface area contributed by atoms with Crippen molar-refractivity contribution in [2.24, 2.45) is 0 Å². The third-order valence-electron chi connectivity index (χ3n) is 11.1. The fraction of sp³-hybridized carbons (Fsp3) is 0. The number of rotatable bonds is 7. The van der Waals surface area contributed by atoms with Crippen molar-refractivity contribution >= 4 is 80.1 Å². The highest BCUT2D eigenvalue weighted by atomic mass is 32.1. The van der Waals surface area contributed by atoms with Crippen molar-refractivity contribution in [3.05, 3.63) is 212 Å². The van der Waals surface area contributed by atoms with Crippen molar-refractivity contribution in [3.63, 3.8) is 0 Å². The van der Waals surface area contributed by atoms with Gasteiger partial charge in [-0.2, -0.15) is 0 Å². The van der Waals surface area contributed by atoms with Crippen LogP contribution >= 0.6 is 22.7 Å². The topological polar surface area (TPSA) is 3.24 Å². The zero-order valence-corrected chi connectivity index (χ0v) is 32.6. The highest BCUT2D eigenvalue weighted by Crippen LogP contribution is 2.45. The summed E-state index contributed by atoms with van der Waals surface area (Å²) in [6.07, 6.45) is 0. The second-order valence-electron chi connectivity index (χ2n) is 14.5.